The molecule has 1 heterocycles. The van der Waals surface area contributed by atoms with E-state index in [2.05, 4.69) is 15.6 Å². The van der Waals surface area contributed by atoms with Crippen LogP contribution in [0.25, 0.3) is 22.0 Å². The zero-order chi connectivity index (χ0) is 33.9. The second-order valence-corrected chi connectivity index (χ2v) is 12.2. The number of hydrogen-bond donors (Lipinski definition) is 4. The van der Waals surface area contributed by atoms with Crippen molar-refractivity contribution in [3.05, 3.63) is 132 Å². The number of carboxylic acids is 1. The molecule has 2 unspecified atom stereocenters. The Morgan fingerprint density at radius 2 is 1.40 bits per heavy atom. The van der Waals surface area contributed by atoms with Gasteiger partial charge < -0.3 is 20.7 Å². The highest BCUT2D eigenvalue weighted by molar-refractivity contribution is 5.94. The lowest BCUT2D eigenvalue weighted by Crippen LogP contribution is -2.50. The number of fused-ring (bicyclic) bond motifs is 1. The van der Waals surface area contributed by atoms with Crippen molar-refractivity contribution >= 4 is 34.5 Å². The number of aryl methyl sites for hydroxylation is 1. The fraction of sp³-hybridized carbons (Fsp3) is 0.250. The normalized spacial score (nSPS) is 12.3. The maximum Gasteiger partial charge on any atom is 0.304 e. The summed E-state index contributed by atoms with van der Waals surface area (Å²) in [5.41, 5.74) is 6.70. The second-order valence-electron chi connectivity index (χ2n) is 12.2. The topological polar surface area (TPSA) is 128 Å². The van der Waals surface area contributed by atoms with Crippen LogP contribution in [-0.4, -0.2) is 46.2 Å². The molecule has 5 aromatic rings. The van der Waals surface area contributed by atoms with E-state index in [0.29, 0.717) is 37.8 Å². The van der Waals surface area contributed by atoms with E-state index in [1.165, 1.54) is 0 Å². The van der Waals surface area contributed by atoms with E-state index in [4.69, 9.17) is 0 Å². The number of carbonyl (C=O) groups excluding carboxylic acids is 3. The fourth-order valence-corrected chi connectivity index (χ4v) is 5.97. The van der Waals surface area contributed by atoms with E-state index in [1.54, 1.807) is 6.92 Å². The number of hydrogen-bond acceptors (Lipinski definition) is 4. The number of rotatable bonds is 16. The van der Waals surface area contributed by atoms with Crippen molar-refractivity contribution in [1.82, 2.24) is 15.6 Å². The maximum absolute atomic E-state index is 13.6. The molecule has 0 spiro atoms. The quantitative estimate of drug-likeness (QED) is 0.0909. The van der Waals surface area contributed by atoms with Crippen molar-refractivity contribution < 1.29 is 24.3 Å². The summed E-state index contributed by atoms with van der Waals surface area (Å²) in [7, 11) is 0. The number of para-hydroxylation sites is 1. The summed E-state index contributed by atoms with van der Waals surface area (Å²) in [6.07, 6.45) is 4.08. The predicted octanol–water partition coefficient (Wildman–Crippen LogP) is 6.54. The lowest BCUT2D eigenvalue weighted by Gasteiger charge is -2.22. The summed E-state index contributed by atoms with van der Waals surface area (Å²) >= 11 is 0. The number of benzene rings is 4. The molecule has 4 aromatic carbocycles. The lowest BCUT2D eigenvalue weighted by molar-refractivity contribution is -0.141. The molecule has 8 heteroatoms. The molecule has 0 bridgehead atoms. The first-order valence-electron chi connectivity index (χ1n) is 16.4. The predicted molar refractivity (Wildman–Crippen MR) is 188 cm³/mol. The van der Waals surface area contributed by atoms with Crippen LogP contribution < -0.4 is 10.6 Å². The maximum atomic E-state index is 13.6. The van der Waals surface area contributed by atoms with Crippen LogP contribution in [0.15, 0.2) is 109 Å². The molecule has 0 aliphatic rings. The highest BCUT2D eigenvalue weighted by Crippen LogP contribution is 2.23. The molecule has 2 atom stereocenters. The highest BCUT2D eigenvalue weighted by Gasteiger charge is 2.28. The summed E-state index contributed by atoms with van der Waals surface area (Å²) in [5, 5.41) is 16.5. The largest absolute Gasteiger partial charge is 0.481 e. The van der Waals surface area contributed by atoms with Crippen LogP contribution in [-0.2, 0) is 33.6 Å². The third-order valence-corrected chi connectivity index (χ3v) is 8.68. The minimum atomic E-state index is -1.06. The summed E-state index contributed by atoms with van der Waals surface area (Å²) in [5.74, 6) is -2.57. The Kier molecular flexibility index (Phi) is 11.5. The van der Waals surface area contributed by atoms with Gasteiger partial charge in [0.2, 0.25) is 11.8 Å². The number of Topliss-reactive ketones (excluding diaryl/α,β-unsaturated/α-hetero) is 1. The van der Waals surface area contributed by atoms with Crippen molar-refractivity contribution in [1.29, 1.82) is 0 Å². The van der Waals surface area contributed by atoms with Crippen LogP contribution in [0.1, 0.15) is 53.2 Å². The van der Waals surface area contributed by atoms with E-state index < -0.39 is 23.8 Å². The van der Waals surface area contributed by atoms with Gasteiger partial charge in [-0.2, -0.15) is 0 Å². The van der Waals surface area contributed by atoms with Gasteiger partial charge in [0.1, 0.15) is 6.04 Å². The van der Waals surface area contributed by atoms with Gasteiger partial charge in [-0.25, -0.2) is 0 Å². The molecule has 4 N–H and O–H groups in total. The van der Waals surface area contributed by atoms with Gasteiger partial charge in [0, 0.05) is 41.5 Å². The van der Waals surface area contributed by atoms with Crippen LogP contribution in [0.5, 0.6) is 0 Å². The fourth-order valence-electron chi connectivity index (χ4n) is 5.97. The minimum absolute atomic E-state index is 0.0266. The zero-order valence-electron chi connectivity index (χ0n) is 27.1. The number of carboxylic acid groups (broad SMARTS) is 1. The van der Waals surface area contributed by atoms with Gasteiger partial charge in [0.05, 0.1) is 6.42 Å². The molecular formula is C40H41N3O5. The summed E-state index contributed by atoms with van der Waals surface area (Å²) < 4.78 is 0. The van der Waals surface area contributed by atoms with Crippen LogP contribution in [0.2, 0.25) is 0 Å². The molecule has 5 rings (SSSR count). The number of carbonyl (C=O) groups is 4. The number of nitrogens with one attached hydrogen (secondary N) is 3. The number of aliphatic carboxylic acids is 1. The number of ketones is 1. The second kappa shape index (κ2) is 16.4. The Labute approximate surface area is 280 Å². The number of aromatic amines is 1. The van der Waals surface area contributed by atoms with Crippen LogP contribution in [0, 0.1) is 5.92 Å². The van der Waals surface area contributed by atoms with Crippen LogP contribution >= 0.6 is 0 Å². The van der Waals surface area contributed by atoms with Crippen molar-refractivity contribution in [3.8, 4) is 11.1 Å². The first-order chi connectivity index (χ1) is 23.3. The first-order valence-corrected chi connectivity index (χ1v) is 16.4. The van der Waals surface area contributed by atoms with Crippen molar-refractivity contribution in [3.63, 3.8) is 0 Å². The Hall–Kier alpha value is -5.50. The summed E-state index contributed by atoms with van der Waals surface area (Å²) in [6.45, 7) is 1.95. The lowest BCUT2D eigenvalue weighted by atomic mass is 9.94. The SMILES string of the molecule is CC(=O)c1ccc(-c2ccc(CCCC(CC(=O)O)C(=O)NC(Cc3c[nH]c4ccccc34)C(=O)NCCc3ccccc3)cc2)cc1. The number of amides is 2. The smallest absolute Gasteiger partial charge is 0.304 e. The van der Waals surface area contributed by atoms with Gasteiger partial charge in [-0.05, 0) is 66.5 Å². The number of aromatic nitrogens is 1. The van der Waals surface area contributed by atoms with Crippen molar-refractivity contribution in [2.45, 2.75) is 51.5 Å². The molecule has 246 valence electrons. The van der Waals surface area contributed by atoms with E-state index in [9.17, 15) is 24.3 Å². The average Bonchev–Trinajstić information content (AvgIpc) is 3.50. The first kappa shape index (κ1) is 33.9. The van der Waals surface area contributed by atoms with E-state index in [1.807, 2.05) is 109 Å². The van der Waals surface area contributed by atoms with Crippen molar-refractivity contribution in [2.24, 2.45) is 5.92 Å². The molecule has 0 radical (unpaired) electrons. The molecule has 2 amide bonds. The molecule has 48 heavy (non-hydrogen) atoms. The summed E-state index contributed by atoms with van der Waals surface area (Å²) in [6, 6.07) is 32.3. The van der Waals surface area contributed by atoms with Gasteiger partial charge in [0.15, 0.2) is 5.78 Å². The Morgan fingerprint density at radius 1 is 0.750 bits per heavy atom. The van der Waals surface area contributed by atoms with Crippen LogP contribution in [0.4, 0.5) is 0 Å². The molecule has 0 saturated carbocycles. The molecule has 0 aliphatic carbocycles. The summed E-state index contributed by atoms with van der Waals surface area (Å²) in [4.78, 5) is 53.7. The standard InChI is InChI=1S/C40H41N3O5/c1-27(44)30-18-20-32(21-19-30)31-16-14-29(15-17-31)10-7-11-33(25-38(45)46)39(47)43-37(24-34-26-42-36-13-6-5-12-35(34)36)40(48)41-23-22-28-8-3-2-4-9-28/h2-6,8-9,12-21,26,33,37,42H,7,10-11,22-25H2,1H3,(H,41,48)(H,43,47)(H,45,46). The van der Waals surface area contributed by atoms with E-state index in [-0.39, 0.29) is 24.5 Å². The molecule has 0 saturated heterocycles. The number of H-pyrrole nitrogens is 1. The van der Waals surface area contributed by atoms with Crippen LogP contribution in [0.3, 0.4) is 0 Å². The molecule has 8 nitrogen and oxygen atoms in total. The molecular weight excluding hydrogens is 602 g/mol. The van der Waals surface area contributed by atoms with Gasteiger partial charge in [0.25, 0.3) is 0 Å². The van der Waals surface area contributed by atoms with E-state index in [0.717, 1.165) is 38.7 Å². The zero-order valence-corrected chi connectivity index (χ0v) is 27.1. The third kappa shape index (κ3) is 9.28. The Morgan fingerprint density at radius 3 is 2.08 bits per heavy atom. The van der Waals surface area contributed by atoms with Gasteiger partial charge in [-0.1, -0.05) is 97.1 Å². The highest BCUT2D eigenvalue weighted by atomic mass is 16.4. The van der Waals surface area contributed by atoms with Gasteiger partial charge in [-0.3, -0.25) is 19.2 Å². The van der Waals surface area contributed by atoms with E-state index >= 15 is 0 Å². The molecule has 0 fully saturated rings. The Bertz CT molecular complexity index is 1850. The monoisotopic (exact) mass is 643 g/mol. The molecule has 1 aromatic heterocycles. The molecule has 0 aliphatic heterocycles. The average molecular weight is 644 g/mol. The van der Waals surface area contributed by atoms with Crippen molar-refractivity contribution in [2.75, 3.05) is 6.54 Å². The third-order valence-electron chi connectivity index (χ3n) is 8.68. The van der Waals surface area contributed by atoms with Gasteiger partial charge in [-0.15, -0.1) is 0 Å². The minimum Gasteiger partial charge on any atom is -0.481 e. The Balaban J connectivity index is 1.22. The van der Waals surface area contributed by atoms with Gasteiger partial charge >= 0.3 is 5.97 Å².